The van der Waals surface area contributed by atoms with Crippen LogP contribution in [-0.2, 0) is 4.79 Å². The van der Waals surface area contributed by atoms with E-state index in [0.29, 0.717) is 6.42 Å². The zero-order valence-electron chi connectivity index (χ0n) is 5.79. The number of hydrogen-bond donors (Lipinski definition) is 1. The Labute approximate surface area is 54.9 Å². The Morgan fingerprint density at radius 1 is 1.56 bits per heavy atom. The molecule has 2 nitrogen and oxygen atoms in total. The van der Waals surface area contributed by atoms with Crippen LogP contribution >= 0.6 is 0 Å². The zero-order chi connectivity index (χ0) is 7.02. The van der Waals surface area contributed by atoms with Gasteiger partial charge < -0.3 is 5.11 Å². The summed E-state index contributed by atoms with van der Waals surface area (Å²) in [5.41, 5.74) is 0. The van der Waals surface area contributed by atoms with E-state index in [1.54, 1.807) is 0 Å². The van der Waals surface area contributed by atoms with E-state index in [4.69, 9.17) is 5.11 Å². The average Bonchev–Trinajstić information content (AvgIpc) is 1.98. The molecule has 0 bridgehead atoms. The van der Waals surface area contributed by atoms with Crippen molar-refractivity contribution in [3.8, 4) is 0 Å². The van der Waals surface area contributed by atoms with E-state index in [9.17, 15) is 4.79 Å². The Bertz CT molecular complexity index is 131. The molecule has 0 saturated heterocycles. The molecule has 0 aromatic carbocycles. The van der Waals surface area contributed by atoms with Gasteiger partial charge in [0.15, 0.2) is 0 Å². The summed E-state index contributed by atoms with van der Waals surface area (Å²) in [6.45, 7) is 3.80. The molecule has 0 aromatic heterocycles. The third-order valence-corrected chi connectivity index (χ3v) is 2.31. The number of ketones is 1. The van der Waals surface area contributed by atoms with Crippen LogP contribution in [0.4, 0.5) is 0 Å². The predicted octanol–water partition coefficient (Wildman–Crippen LogP) is 0.592. The highest BCUT2D eigenvalue weighted by atomic mass is 16.3. The predicted molar refractivity (Wildman–Crippen MR) is 34.0 cm³/mol. The van der Waals surface area contributed by atoms with Crippen LogP contribution in [-0.4, -0.2) is 17.0 Å². The molecule has 1 aliphatic rings. The Morgan fingerprint density at radius 3 is 2.22 bits per heavy atom. The molecule has 0 spiro atoms. The second kappa shape index (κ2) is 2.10. The molecular weight excluding hydrogens is 116 g/mol. The van der Waals surface area contributed by atoms with Gasteiger partial charge in [-0.2, -0.15) is 0 Å². The van der Waals surface area contributed by atoms with Crippen LogP contribution in [0.25, 0.3) is 0 Å². The number of aliphatic hydroxyl groups is 1. The molecule has 0 aromatic rings. The molecule has 0 radical (unpaired) electrons. The Hall–Kier alpha value is -0.370. The second-order valence-corrected chi connectivity index (χ2v) is 2.89. The molecule has 1 saturated carbocycles. The zero-order valence-corrected chi connectivity index (χ0v) is 5.79. The highest BCUT2D eigenvalue weighted by molar-refractivity contribution is 5.83. The van der Waals surface area contributed by atoms with Crippen molar-refractivity contribution in [3.05, 3.63) is 0 Å². The first-order valence-corrected chi connectivity index (χ1v) is 3.33. The lowest BCUT2D eigenvalue weighted by atomic mass is 9.99. The highest BCUT2D eigenvalue weighted by Gasteiger charge is 2.34. The second-order valence-electron chi connectivity index (χ2n) is 2.89. The molecule has 0 amide bonds. The molecule has 2 heteroatoms. The molecule has 1 N–H and O–H groups in total. The fourth-order valence-corrected chi connectivity index (χ4v) is 1.20. The van der Waals surface area contributed by atoms with Gasteiger partial charge in [0.25, 0.3) is 0 Å². The van der Waals surface area contributed by atoms with Crippen molar-refractivity contribution < 1.29 is 9.90 Å². The fraction of sp³-hybridized carbons (Fsp3) is 0.857. The van der Waals surface area contributed by atoms with Gasteiger partial charge >= 0.3 is 0 Å². The topological polar surface area (TPSA) is 37.3 Å². The monoisotopic (exact) mass is 128 g/mol. The van der Waals surface area contributed by atoms with E-state index >= 15 is 0 Å². The number of hydrogen-bond acceptors (Lipinski definition) is 2. The van der Waals surface area contributed by atoms with Crippen molar-refractivity contribution in [2.24, 2.45) is 11.8 Å². The van der Waals surface area contributed by atoms with Crippen LogP contribution in [0.15, 0.2) is 0 Å². The maximum absolute atomic E-state index is 10.8. The fourth-order valence-electron chi connectivity index (χ4n) is 1.20. The van der Waals surface area contributed by atoms with Crippen molar-refractivity contribution in [2.75, 3.05) is 0 Å². The molecular formula is C7H12O2. The molecule has 52 valence electrons. The third kappa shape index (κ3) is 0.990. The maximum atomic E-state index is 10.8. The lowest BCUT2D eigenvalue weighted by molar-refractivity contribution is -0.120. The molecule has 3 atom stereocenters. The minimum Gasteiger partial charge on any atom is -0.392 e. The summed E-state index contributed by atoms with van der Waals surface area (Å²) in [5, 5.41) is 9.12. The van der Waals surface area contributed by atoms with Gasteiger partial charge in [-0.15, -0.1) is 0 Å². The van der Waals surface area contributed by atoms with Crippen molar-refractivity contribution in [2.45, 2.75) is 26.4 Å². The normalized spacial score (nSPS) is 43.9. The van der Waals surface area contributed by atoms with Crippen molar-refractivity contribution in [1.82, 2.24) is 0 Å². The minimum atomic E-state index is -0.382. The van der Waals surface area contributed by atoms with E-state index in [1.165, 1.54) is 0 Å². The van der Waals surface area contributed by atoms with Crippen LogP contribution in [0, 0.1) is 11.8 Å². The number of carbonyl (C=O) groups excluding carboxylic acids is 1. The number of Topliss-reactive ketones (excluding diaryl/α,β-unsaturated/α-hetero) is 1. The van der Waals surface area contributed by atoms with Crippen LogP contribution in [0.3, 0.4) is 0 Å². The molecule has 0 aliphatic heterocycles. The standard InChI is InChI=1S/C7H12O2/c1-4-5(2)7(9)3-6(4)8/h4-6,8H,3H2,1-2H3/t4-,5+,6+/m0/s1. The SMILES string of the molecule is C[C@@H]1[C@H](O)CC(=O)[C@@H]1C. The summed E-state index contributed by atoms with van der Waals surface area (Å²) < 4.78 is 0. The Morgan fingerprint density at radius 2 is 2.11 bits per heavy atom. The Kier molecular flexibility index (Phi) is 1.58. The number of aliphatic hydroxyl groups excluding tert-OH is 1. The van der Waals surface area contributed by atoms with Crippen LogP contribution in [0.5, 0.6) is 0 Å². The van der Waals surface area contributed by atoms with Gasteiger partial charge in [0.1, 0.15) is 5.78 Å². The van der Waals surface area contributed by atoms with Gasteiger partial charge in [-0.05, 0) is 5.92 Å². The van der Waals surface area contributed by atoms with Crippen molar-refractivity contribution >= 4 is 5.78 Å². The van der Waals surface area contributed by atoms with E-state index in [-0.39, 0.29) is 23.7 Å². The van der Waals surface area contributed by atoms with Gasteiger partial charge in [-0.3, -0.25) is 4.79 Å². The lowest BCUT2D eigenvalue weighted by Crippen LogP contribution is -2.13. The lowest BCUT2D eigenvalue weighted by Gasteiger charge is -2.09. The average molecular weight is 128 g/mol. The maximum Gasteiger partial charge on any atom is 0.138 e. The smallest absolute Gasteiger partial charge is 0.138 e. The molecule has 0 heterocycles. The summed E-state index contributed by atoms with van der Waals surface area (Å²) in [7, 11) is 0. The van der Waals surface area contributed by atoms with Crippen LogP contribution in [0.2, 0.25) is 0 Å². The van der Waals surface area contributed by atoms with Gasteiger partial charge in [0, 0.05) is 12.3 Å². The van der Waals surface area contributed by atoms with Crippen LogP contribution < -0.4 is 0 Å². The van der Waals surface area contributed by atoms with E-state index in [0.717, 1.165) is 0 Å². The van der Waals surface area contributed by atoms with Gasteiger partial charge in [-0.25, -0.2) is 0 Å². The van der Waals surface area contributed by atoms with E-state index in [1.807, 2.05) is 13.8 Å². The highest BCUT2D eigenvalue weighted by Crippen LogP contribution is 2.27. The number of rotatable bonds is 0. The third-order valence-electron chi connectivity index (χ3n) is 2.31. The number of carbonyl (C=O) groups is 1. The largest absolute Gasteiger partial charge is 0.392 e. The molecule has 1 aliphatic carbocycles. The van der Waals surface area contributed by atoms with Crippen molar-refractivity contribution in [1.29, 1.82) is 0 Å². The summed E-state index contributed by atoms with van der Waals surface area (Å²) >= 11 is 0. The summed E-state index contributed by atoms with van der Waals surface area (Å²) in [4.78, 5) is 10.8. The van der Waals surface area contributed by atoms with Gasteiger partial charge in [0.2, 0.25) is 0 Å². The summed E-state index contributed by atoms with van der Waals surface area (Å²) in [6, 6.07) is 0. The quantitative estimate of drug-likeness (QED) is 0.518. The van der Waals surface area contributed by atoms with Gasteiger partial charge in [-0.1, -0.05) is 13.8 Å². The molecule has 9 heavy (non-hydrogen) atoms. The summed E-state index contributed by atoms with van der Waals surface area (Å²) in [6.07, 6.45) is -0.0185. The van der Waals surface area contributed by atoms with Gasteiger partial charge in [0.05, 0.1) is 6.10 Å². The summed E-state index contributed by atoms with van der Waals surface area (Å²) in [5.74, 6) is 0.437. The Balaban J connectivity index is 2.65. The molecule has 1 rings (SSSR count). The van der Waals surface area contributed by atoms with E-state index in [2.05, 4.69) is 0 Å². The van der Waals surface area contributed by atoms with E-state index < -0.39 is 0 Å². The molecule has 1 fully saturated rings. The minimum absolute atomic E-state index is 0.0694. The molecule has 0 unspecified atom stereocenters. The van der Waals surface area contributed by atoms with Crippen LogP contribution in [0.1, 0.15) is 20.3 Å². The first-order valence-electron chi connectivity index (χ1n) is 3.33. The van der Waals surface area contributed by atoms with Crippen molar-refractivity contribution in [3.63, 3.8) is 0 Å². The first kappa shape index (κ1) is 6.75. The first-order chi connectivity index (χ1) is 4.13.